The molecule has 3 rings (SSSR count). The number of hydrogen-bond donors (Lipinski definition) is 2. The monoisotopic (exact) mass is 526 g/mol. The minimum atomic E-state index is 0. The molecule has 0 bridgehead atoms. The number of benzene rings is 2. The summed E-state index contributed by atoms with van der Waals surface area (Å²) in [6, 6.07) is 14.1. The van der Waals surface area contributed by atoms with Crippen LogP contribution in [0.15, 0.2) is 47.5 Å². The first kappa shape index (κ1) is 24.1. The van der Waals surface area contributed by atoms with Gasteiger partial charge in [0.1, 0.15) is 5.75 Å². The molecule has 0 saturated heterocycles. The molecule has 1 heterocycles. The number of fused-ring (bicyclic) bond motifs is 1. The van der Waals surface area contributed by atoms with E-state index in [0.29, 0.717) is 13.1 Å². The van der Waals surface area contributed by atoms with Crippen LogP contribution in [-0.2, 0) is 13.1 Å². The Hall–Kier alpha value is -2.20. The van der Waals surface area contributed by atoms with E-state index in [2.05, 4.69) is 46.8 Å². The van der Waals surface area contributed by atoms with Gasteiger partial charge in [-0.05, 0) is 55.9 Å². The molecule has 7 nitrogen and oxygen atoms in total. The van der Waals surface area contributed by atoms with E-state index in [4.69, 9.17) is 14.2 Å². The van der Waals surface area contributed by atoms with E-state index in [1.54, 1.807) is 7.05 Å². The highest BCUT2D eigenvalue weighted by molar-refractivity contribution is 14.0. The molecule has 0 aromatic heterocycles. The Morgan fingerprint density at radius 3 is 2.37 bits per heavy atom. The molecule has 2 N–H and O–H groups in total. The Kier molecular flexibility index (Phi) is 10.0. The Bertz CT molecular complexity index is 813. The lowest BCUT2D eigenvalue weighted by molar-refractivity contribution is 0.174. The zero-order valence-electron chi connectivity index (χ0n) is 17.8. The number of hydrogen-bond acceptors (Lipinski definition) is 5. The van der Waals surface area contributed by atoms with Crippen molar-refractivity contribution in [2.75, 3.05) is 41.1 Å². The van der Waals surface area contributed by atoms with Crippen molar-refractivity contribution in [3.05, 3.63) is 53.6 Å². The lowest BCUT2D eigenvalue weighted by atomic mass is 10.2. The first-order valence-corrected chi connectivity index (χ1v) is 9.83. The van der Waals surface area contributed by atoms with Gasteiger partial charge in [0.15, 0.2) is 17.5 Å². The summed E-state index contributed by atoms with van der Waals surface area (Å²) in [5.74, 6) is 3.22. The van der Waals surface area contributed by atoms with Crippen molar-refractivity contribution < 1.29 is 14.2 Å². The molecule has 0 amide bonds. The fourth-order valence-electron chi connectivity index (χ4n) is 2.92. The molecular weight excluding hydrogens is 495 g/mol. The number of nitrogens with one attached hydrogen (secondary N) is 2. The van der Waals surface area contributed by atoms with Crippen LogP contribution in [0.2, 0.25) is 0 Å². The molecule has 1 aliphatic rings. The normalized spacial score (nSPS) is 12.5. The molecule has 8 heteroatoms. The van der Waals surface area contributed by atoms with Gasteiger partial charge in [0.05, 0.1) is 6.61 Å². The highest BCUT2D eigenvalue weighted by atomic mass is 127. The van der Waals surface area contributed by atoms with E-state index in [0.717, 1.165) is 53.9 Å². The van der Waals surface area contributed by atoms with E-state index >= 15 is 0 Å². The van der Waals surface area contributed by atoms with E-state index in [-0.39, 0.29) is 30.8 Å². The van der Waals surface area contributed by atoms with Crippen LogP contribution >= 0.6 is 24.0 Å². The molecule has 0 atom stereocenters. The molecule has 0 unspecified atom stereocenters. The predicted molar refractivity (Wildman–Crippen MR) is 130 cm³/mol. The second-order valence-electron chi connectivity index (χ2n) is 7.12. The third-order valence-corrected chi connectivity index (χ3v) is 4.52. The van der Waals surface area contributed by atoms with Crippen LogP contribution < -0.4 is 24.8 Å². The zero-order valence-corrected chi connectivity index (χ0v) is 20.1. The number of guanidine groups is 1. The van der Waals surface area contributed by atoms with Crippen molar-refractivity contribution in [2.24, 2.45) is 4.99 Å². The Morgan fingerprint density at radius 1 is 1.00 bits per heavy atom. The SMILES string of the molecule is CN=C(NCc1ccc(OCCCN(C)C)cc1)NCc1ccc2c(c1)OCO2.I. The lowest BCUT2D eigenvalue weighted by Gasteiger charge is -2.13. The highest BCUT2D eigenvalue weighted by Gasteiger charge is 2.13. The molecule has 2 aromatic rings. The summed E-state index contributed by atoms with van der Waals surface area (Å²) in [6.07, 6.45) is 1.02. The maximum atomic E-state index is 5.78. The van der Waals surface area contributed by atoms with Gasteiger partial charge in [0.25, 0.3) is 0 Å². The van der Waals surface area contributed by atoms with Crippen LogP contribution in [0.1, 0.15) is 17.5 Å². The van der Waals surface area contributed by atoms with E-state index in [1.807, 2.05) is 30.3 Å². The first-order valence-electron chi connectivity index (χ1n) is 9.83. The molecule has 1 aliphatic heterocycles. The van der Waals surface area contributed by atoms with Gasteiger partial charge in [-0.1, -0.05) is 18.2 Å². The van der Waals surface area contributed by atoms with Crippen LogP contribution in [-0.4, -0.2) is 51.9 Å². The summed E-state index contributed by atoms with van der Waals surface area (Å²) in [6.45, 7) is 3.37. The van der Waals surface area contributed by atoms with Gasteiger partial charge in [-0.25, -0.2) is 0 Å². The van der Waals surface area contributed by atoms with Gasteiger partial charge >= 0.3 is 0 Å². The van der Waals surface area contributed by atoms with Gasteiger partial charge in [0.2, 0.25) is 6.79 Å². The van der Waals surface area contributed by atoms with Gasteiger partial charge < -0.3 is 29.7 Å². The molecule has 0 saturated carbocycles. The van der Waals surface area contributed by atoms with Crippen LogP contribution in [0, 0.1) is 0 Å². The van der Waals surface area contributed by atoms with Crippen LogP contribution in [0.4, 0.5) is 0 Å². The van der Waals surface area contributed by atoms with Crippen molar-refractivity contribution >= 4 is 29.9 Å². The minimum absolute atomic E-state index is 0. The Morgan fingerprint density at radius 2 is 1.67 bits per heavy atom. The predicted octanol–water partition coefficient (Wildman–Crippen LogP) is 3.23. The van der Waals surface area contributed by atoms with Crippen molar-refractivity contribution in [1.29, 1.82) is 0 Å². The van der Waals surface area contributed by atoms with Gasteiger partial charge in [-0.2, -0.15) is 0 Å². The molecule has 0 radical (unpaired) electrons. The summed E-state index contributed by atoms with van der Waals surface area (Å²) in [5, 5.41) is 6.64. The summed E-state index contributed by atoms with van der Waals surface area (Å²) in [4.78, 5) is 6.44. The molecule has 0 fully saturated rings. The summed E-state index contributed by atoms with van der Waals surface area (Å²) in [7, 11) is 5.90. The first-order chi connectivity index (χ1) is 14.1. The highest BCUT2D eigenvalue weighted by Crippen LogP contribution is 2.32. The van der Waals surface area contributed by atoms with E-state index in [9.17, 15) is 0 Å². The Balaban J connectivity index is 0.00000320. The van der Waals surface area contributed by atoms with Crippen molar-refractivity contribution in [2.45, 2.75) is 19.5 Å². The summed E-state index contributed by atoms with van der Waals surface area (Å²) < 4.78 is 16.5. The quantitative estimate of drug-likeness (QED) is 0.227. The molecular formula is C22H31IN4O3. The van der Waals surface area contributed by atoms with Gasteiger partial charge in [-0.3, -0.25) is 4.99 Å². The Labute approximate surface area is 195 Å². The third-order valence-electron chi connectivity index (χ3n) is 4.52. The maximum Gasteiger partial charge on any atom is 0.231 e. The smallest absolute Gasteiger partial charge is 0.231 e. The van der Waals surface area contributed by atoms with Gasteiger partial charge in [-0.15, -0.1) is 24.0 Å². The van der Waals surface area contributed by atoms with Crippen molar-refractivity contribution in [3.8, 4) is 17.2 Å². The topological polar surface area (TPSA) is 67.4 Å². The number of aliphatic imine (C=N–C) groups is 1. The second kappa shape index (κ2) is 12.5. The largest absolute Gasteiger partial charge is 0.494 e. The maximum absolute atomic E-state index is 5.78. The van der Waals surface area contributed by atoms with Gasteiger partial charge in [0, 0.05) is 26.7 Å². The molecule has 30 heavy (non-hydrogen) atoms. The number of rotatable bonds is 9. The van der Waals surface area contributed by atoms with Crippen LogP contribution in [0.3, 0.4) is 0 Å². The number of nitrogens with zero attached hydrogens (tertiary/aromatic N) is 2. The molecule has 0 aliphatic carbocycles. The minimum Gasteiger partial charge on any atom is -0.494 e. The fraction of sp³-hybridized carbons (Fsp3) is 0.409. The molecule has 2 aromatic carbocycles. The zero-order chi connectivity index (χ0) is 20.5. The van der Waals surface area contributed by atoms with Crippen molar-refractivity contribution in [3.63, 3.8) is 0 Å². The van der Waals surface area contributed by atoms with Crippen molar-refractivity contribution in [1.82, 2.24) is 15.5 Å². The average molecular weight is 526 g/mol. The fourth-order valence-corrected chi connectivity index (χ4v) is 2.92. The molecule has 164 valence electrons. The standard InChI is InChI=1S/C22H30N4O3.HI/c1-23-22(25-15-18-7-10-20-21(13-18)29-16-28-20)24-14-17-5-8-19(9-6-17)27-12-4-11-26(2)3;/h5-10,13H,4,11-12,14-16H2,1-3H3,(H2,23,24,25);1H. The molecule has 0 spiro atoms. The second-order valence-corrected chi connectivity index (χ2v) is 7.12. The summed E-state index contributed by atoms with van der Waals surface area (Å²) >= 11 is 0. The number of ether oxygens (including phenoxy) is 3. The average Bonchev–Trinajstić information content (AvgIpc) is 3.20. The summed E-state index contributed by atoms with van der Waals surface area (Å²) in [5.41, 5.74) is 2.27. The van der Waals surface area contributed by atoms with E-state index < -0.39 is 0 Å². The lowest BCUT2D eigenvalue weighted by Crippen LogP contribution is -2.36. The van der Waals surface area contributed by atoms with E-state index in [1.165, 1.54) is 0 Å². The number of halogens is 1. The van der Waals surface area contributed by atoms with Crippen LogP contribution in [0.25, 0.3) is 0 Å². The van der Waals surface area contributed by atoms with Crippen LogP contribution in [0.5, 0.6) is 17.2 Å². The third kappa shape index (κ3) is 7.56.